The maximum Gasteiger partial charge on any atom is 0.233 e. The van der Waals surface area contributed by atoms with E-state index in [2.05, 4.69) is 16.3 Å². The summed E-state index contributed by atoms with van der Waals surface area (Å²) in [5.41, 5.74) is 1.14. The summed E-state index contributed by atoms with van der Waals surface area (Å²) in [6.07, 6.45) is 6.69. The minimum absolute atomic E-state index is 0.179. The topological polar surface area (TPSA) is 58.5 Å². The predicted octanol–water partition coefficient (Wildman–Crippen LogP) is 1.13. The van der Waals surface area contributed by atoms with Crippen LogP contribution in [0.3, 0.4) is 0 Å². The van der Waals surface area contributed by atoms with E-state index in [0.717, 1.165) is 17.9 Å². The molecule has 17 heavy (non-hydrogen) atoms. The number of methoxy groups -OCH3 is 1. The highest BCUT2D eigenvalue weighted by Gasteiger charge is 2.08. The van der Waals surface area contributed by atoms with Crippen molar-refractivity contribution in [2.45, 2.75) is 6.42 Å². The summed E-state index contributed by atoms with van der Waals surface area (Å²) in [5.74, 6) is 1.28. The molecule has 1 aromatic heterocycles. The fourth-order valence-corrected chi connectivity index (χ4v) is 1.59. The van der Waals surface area contributed by atoms with E-state index in [1.54, 1.807) is 13.2 Å². The lowest BCUT2D eigenvalue weighted by Gasteiger charge is -2.21. The third kappa shape index (κ3) is 2.82. The third-order valence-corrected chi connectivity index (χ3v) is 2.55. The van der Waals surface area contributed by atoms with Crippen molar-refractivity contribution < 1.29 is 9.84 Å². The molecule has 0 aliphatic carbocycles. The first-order valence-corrected chi connectivity index (χ1v) is 5.46. The number of ether oxygens (including phenoxy) is 1. The maximum absolute atomic E-state index is 8.83. The summed E-state index contributed by atoms with van der Waals surface area (Å²) >= 11 is 0. The van der Waals surface area contributed by atoms with E-state index in [9.17, 15) is 0 Å². The van der Waals surface area contributed by atoms with Gasteiger partial charge in [-0.3, -0.25) is 0 Å². The van der Waals surface area contributed by atoms with Gasteiger partial charge in [-0.2, -0.15) is 0 Å². The molecule has 0 unspecified atom stereocenters. The average Bonchev–Trinajstić information content (AvgIpc) is 2.40. The second-order valence-electron chi connectivity index (χ2n) is 3.65. The number of nitrogens with zero attached hydrogens (tertiary/aromatic N) is 3. The largest absolute Gasteiger partial charge is 0.480 e. The van der Waals surface area contributed by atoms with E-state index in [1.807, 2.05) is 23.2 Å². The van der Waals surface area contributed by atoms with Gasteiger partial charge >= 0.3 is 0 Å². The van der Waals surface area contributed by atoms with Gasteiger partial charge in [-0.15, -0.1) is 10.2 Å². The molecule has 0 bridgehead atoms. The number of hydrogen-bond donors (Lipinski definition) is 1. The molecule has 1 aliphatic rings. The highest BCUT2D eigenvalue weighted by molar-refractivity contribution is 5.46. The average molecular weight is 233 g/mol. The summed E-state index contributed by atoms with van der Waals surface area (Å²) in [4.78, 5) is 1.98. The van der Waals surface area contributed by atoms with Gasteiger partial charge < -0.3 is 14.7 Å². The fourth-order valence-electron chi connectivity index (χ4n) is 1.59. The Balaban J connectivity index is 2.03. The predicted molar refractivity (Wildman–Crippen MR) is 64.9 cm³/mol. The molecule has 1 N–H and O–H groups in total. The van der Waals surface area contributed by atoms with Gasteiger partial charge in [0, 0.05) is 25.4 Å². The summed E-state index contributed by atoms with van der Waals surface area (Å²) in [5, 5.41) is 16.8. The molecular weight excluding hydrogens is 218 g/mol. The first-order chi connectivity index (χ1) is 8.33. The second kappa shape index (κ2) is 5.45. The van der Waals surface area contributed by atoms with Gasteiger partial charge in [0.25, 0.3) is 0 Å². The lowest BCUT2D eigenvalue weighted by Crippen LogP contribution is -2.20. The van der Waals surface area contributed by atoms with Crippen molar-refractivity contribution in [3.05, 3.63) is 36.1 Å². The van der Waals surface area contributed by atoms with E-state index in [-0.39, 0.29) is 6.61 Å². The Hall–Kier alpha value is -1.88. The minimum Gasteiger partial charge on any atom is -0.480 e. The highest BCUT2D eigenvalue weighted by Crippen LogP contribution is 2.17. The molecule has 0 saturated carbocycles. The molecule has 0 amide bonds. The van der Waals surface area contributed by atoms with E-state index >= 15 is 0 Å². The lowest BCUT2D eigenvalue weighted by molar-refractivity contribution is 0.300. The summed E-state index contributed by atoms with van der Waals surface area (Å²) in [7, 11) is 1.56. The summed E-state index contributed by atoms with van der Waals surface area (Å²) in [6, 6.07) is 3.64. The molecule has 0 spiro atoms. The van der Waals surface area contributed by atoms with Gasteiger partial charge in [0.2, 0.25) is 5.88 Å². The number of hydrogen-bond acceptors (Lipinski definition) is 5. The molecule has 0 saturated heterocycles. The zero-order valence-electron chi connectivity index (χ0n) is 9.71. The summed E-state index contributed by atoms with van der Waals surface area (Å²) < 4.78 is 4.96. The van der Waals surface area contributed by atoms with E-state index in [0.29, 0.717) is 12.3 Å². The van der Waals surface area contributed by atoms with Gasteiger partial charge in [0.05, 0.1) is 7.11 Å². The van der Waals surface area contributed by atoms with Gasteiger partial charge in [-0.1, -0.05) is 6.08 Å². The summed E-state index contributed by atoms with van der Waals surface area (Å²) in [6.45, 7) is 0.922. The van der Waals surface area contributed by atoms with Crippen LogP contribution in [-0.2, 0) is 0 Å². The fraction of sp³-hybridized carbons (Fsp3) is 0.333. The Morgan fingerprint density at radius 1 is 1.41 bits per heavy atom. The molecule has 2 rings (SSSR count). The van der Waals surface area contributed by atoms with Crippen LogP contribution in [0.1, 0.15) is 6.42 Å². The van der Waals surface area contributed by atoms with Crippen LogP contribution >= 0.6 is 0 Å². The Morgan fingerprint density at radius 2 is 2.29 bits per heavy atom. The first kappa shape index (κ1) is 11.6. The van der Waals surface area contributed by atoms with Gasteiger partial charge in [-0.25, -0.2) is 0 Å². The van der Waals surface area contributed by atoms with Crippen molar-refractivity contribution in [2.75, 3.05) is 25.2 Å². The van der Waals surface area contributed by atoms with E-state index in [1.165, 1.54) is 0 Å². The molecule has 5 nitrogen and oxygen atoms in total. The number of aromatic nitrogens is 2. The zero-order valence-corrected chi connectivity index (χ0v) is 9.71. The Bertz CT molecular complexity index is 426. The van der Waals surface area contributed by atoms with Crippen molar-refractivity contribution in [1.82, 2.24) is 10.2 Å². The van der Waals surface area contributed by atoms with E-state index in [4.69, 9.17) is 9.84 Å². The van der Waals surface area contributed by atoms with Gasteiger partial charge in [-0.05, 0) is 24.1 Å². The normalized spacial score (nSPS) is 14.7. The Kier molecular flexibility index (Phi) is 3.72. The molecular formula is C12H15N3O2. The van der Waals surface area contributed by atoms with Gasteiger partial charge in [0.15, 0.2) is 5.82 Å². The van der Waals surface area contributed by atoms with Crippen molar-refractivity contribution >= 4 is 5.82 Å². The van der Waals surface area contributed by atoms with Crippen molar-refractivity contribution in [3.8, 4) is 5.88 Å². The quantitative estimate of drug-likeness (QED) is 0.844. The standard InChI is InChI=1S/C12H15N3O2/c1-17-12-3-2-11(13-14-12)15-7-4-10(5-8-15)6-9-16/h2-5,7,16H,6,8-9H2,1H3. The van der Waals surface area contributed by atoms with Crippen molar-refractivity contribution in [1.29, 1.82) is 0 Å². The third-order valence-electron chi connectivity index (χ3n) is 2.55. The number of anilines is 1. The Morgan fingerprint density at radius 3 is 2.82 bits per heavy atom. The van der Waals surface area contributed by atoms with Crippen LogP contribution in [0, 0.1) is 0 Å². The number of aliphatic hydroxyl groups excluding tert-OH is 1. The van der Waals surface area contributed by atoms with E-state index < -0.39 is 0 Å². The van der Waals surface area contributed by atoms with Crippen LogP contribution in [-0.4, -0.2) is 35.6 Å². The Labute approximate surface area is 100 Å². The van der Waals surface area contributed by atoms with Crippen LogP contribution < -0.4 is 9.64 Å². The lowest BCUT2D eigenvalue weighted by atomic mass is 10.1. The second-order valence-corrected chi connectivity index (χ2v) is 3.65. The van der Waals surface area contributed by atoms with Crippen LogP contribution in [0.4, 0.5) is 5.82 Å². The van der Waals surface area contributed by atoms with Crippen LogP contribution in [0.5, 0.6) is 5.88 Å². The van der Waals surface area contributed by atoms with Crippen LogP contribution in [0.25, 0.3) is 0 Å². The highest BCUT2D eigenvalue weighted by atomic mass is 16.5. The minimum atomic E-state index is 0.179. The monoisotopic (exact) mass is 233 g/mol. The van der Waals surface area contributed by atoms with Crippen molar-refractivity contribution in [3.63, 3.8) is 0 Å². The molecule has 0 fully saturated rings. The molecule has 1 aliphatic heterocycles. The van der Waals surface area contributed by atoms with Gasteiger partial charge in [0.1, 0.15) is 0 Å². The number of aliphatic hydroxyl groups is 1. The molecule has 2 heterocycles. The number of rotatable bonds is 4. The van der Waals surface area contributed by atoms with Crippen molar-refractivity contribution in [2.24, 2.45) is 0 Å². The molecule has 5 heteroatoms. The zero-order chi connectivity index (χ0) is 12.1. The van der Waals surface area contributed by atoms with Crippen LogP contribution in [0.2, 0.25) is 0 Å². The molecule has 0 aromatic carbocycles. The molecule has 0 atom stereocenters. The smallest absolute Gasteiger partial charge is 0.233 e. The molecule has 1 aromatic rings. The van der Waals surface area contributed by atoms with Crippen LogP contribution in [0.15, 0.2) is 36.1 Å². The molecule has 90 valence electrons. The number of allylic oxidation sites excluding steroid dienone is 1. The molecule has 0 radical (unpaired) electrons. The maximum atomic E-state index is 8.83. The first-order valence-electron chi connectivity index (χ1n) is 5.46. The SMILES string of the molecule is COc1ccc(N2C=CC(CCO)=CC2)nn1.